The zero-order chi connectivity index (χ0) is 9.68. The van der Waals surface area contributed by atoms with E-state index >= 15 is 0 Å². The first-order valence-corrected chi connectivity index (χ1v) is 4.92. The molecule has 74 valence electrons. The van der Waals surface area contributed by atoms with Crippen molar-refractivity contribution >= 4 is 0 Å². The van der Waals surface area contributed by atoms with E-state index in [4.69, 9.17) is 5.73 Å². The van der Waals surface area contributed by atoms with E-state index in [9.17, 15) is 0 Å². The fraction of sp³-hybridized carbons (Fsp3) is 0.700. The lowest BCUT2D eigenvalue weighted by molar-refractivity contribution is 0.583. The van der Waals surface area contributed by atoms with Crippen molar-refractivity contribution in [3.05, 3.63) is 18.0 Å². The molecule has 1 aromatic rings. The highest BCUT2D eigenvalue weighted by Crippen LogP contribution is 2.05. The van der Waals surface area contributed by atoms with E-state index in [0.717, 1.165) is 12.8 Å². The van der Waals surface area contributed by atoms with E-state index in [1.54, 1.807) is 0 Å². The minimum atomic E-state index is 0.339. The average molecular weight is 181 g/mol. The quantitative estimate of drug-likeness (QED) is 0.699. The Hall–Kier alpha value is -0.830. The van der Waals surface area contributed by atoms with E-state index < -0.39 is 0 Å². The van der Waals surface area contributed by atoms with Gasteiger partial charge in [-0.05, 0) is 32.3 Å². The third-order valence-electron chi connectivity index (χ3n) is 2.26. The molecule has 0 saturated carbocycles. The van der Waals surface area contributed by atoms with Crippen molar-refractivity contribution in [2.75, 3.05) is 0 Å². The highest BCUT2D eigenvalue weighted by Gasteiger charge is 1.99. The van der Waals surface area contributed by atoms with E-state index in [2.05, 4.69) is 18.1 Å². The SMILES string of the molecule is CC(N)CCCCc1ccnn1C. The summed E-state index contributed by atoms with van der Waals surface area (Å²) in [4.78, 5) is 0. The summed E-state index contributed by atoms with van der Waals surface area (Å²) in [5.41, 5.74) is 6.97. The Morgan fingerprint density at radius 2 is 2.31 bits per heavy atom. The third kappa shape index (κ3) is 3.59. The first-order chi connectivity index (χ1) is 6.20. The van der Waals surface area contributed by atoms with Crippen molar-refractivity contribution in [2.24, 2.45) is 12.8 Å². The third-order valence-corrected chi connectivity index (χ3v) is 2.26. The van der Waals surface area contributed by atoms with Crippen LogP contribution in [0.1, 0.15) is 31.9 Å². The molecule has 0 amide bonds. The second-order valence-corrected chi connectivity index (χ2v) is 3.67. The van der Waals surface area contributed by atoms with Gasteiger partial charge in [0.25, 0.3) is 0 Å². The molecule has 1 aromatic heterocycles. The Labute approximate surface area is 79.9 Å². The predicted molar refractivity (Wildman–Crippen MR) is 54.4 cm³/mol. The molecular formula is C10H19N3. The Bertz CT molecular complexity index is 240. The van der Waals surface area contributed by atoms with Gasteiger partial charge < -0.3 is 5.73 Å². The van der Waals surface area contributed by atoms with Crippen LogP contribution in [-0.4, -0.2) is 15.8 Å². The summed E-state index contributed by atoms with van der Waals surface area (Å²) >= 11 is 0. The number of aromatic nitrogens is 2. The van der Waals surface area contributed by atoms with Crippen LogP contribution in [0.25, 0.3) is 0 Å². The van der Waals surface area contributed by atoms with Crippen LogP contribution in [0, 0.1) is 0 Å². The fourth-order valence-corrected chi connectivity index (χ4v) is 1.42. The van der Waals surface area contributed by atoms with E-state index in [0.29, 0.717) is 6.04 Å². The van der Waals surface area contributed by atoms with Gasteiger partial charge in [0.15, 0.2) is 0 Å². The molecule has 1 heterocycles. The van der Waals surface area contributed by atoms with Gasteiger partial charge in [0.1, 0.15) is 0 Å². The molecule has 2 N–H and O–H groups in total. The first kappa shape index (κ1) is 10.3. The summed E-state index contributed by atoms with van der Waals surface area (Å²) in [6.07, 6.45) is 6.51. The average Bonchev–Trinajstić information content (AvgIpc) is 2.45. The Balaban J connectivity index is 2.17. The van der Waals surface area contributed by atoms with Crippen LogP contribution >= 0.6 is 0 Å². The summed E-state index contributed by atoms with van der Waals surface area (Å²) in [6.45, 7) is 2.06. The summed E-state index contributed by atoms with van der Waals surface area (Å²) < 4.78 is 1.94. The monoisotopic (exact) mass is 181 g/mol. The lowest BCUT2D eigenvalue weighted by Gasteiger charge is -2.04. The van der Waals surface area contributed by atoms with Gasteiger partial charge in [-0.2, -0.15) is 5.10 Å². The minimum absolute atomic E-state index is 0.339. The Kier molecular flexibility index (Phi) is 3.96. The van der Waals surface area contributed by atoms with Gasteiger partial charge in [-0.25, -0.2) is 0 Å². The molecule has 3 heteroatoms. The maximum atomic E-state index is 5.66. The molecule has 0 fully saturated rings. The lowest BCUT2D eigenvalue weighted by atomic mass is 10.1. The van der Waals surface area contributed by atoms with Crippen LogP contribution in [0.3, 0.4) is 0 Å². The molecule has 0 aromatic carbocycles. The molecule has 0 saturated heterocycles. The summed E-state index contributed by atoms with van der Waals surface area (Å²) in [6, 6.07) is 2.41. The molecule has 0 spiro atoms. The molecule has 0 aliphatic carbocycles. The number of nitrogens with two attached hydrogens (primary N) is 1. The molecule has 0 bridgehead atoms. The van der Waals surface area contributed by atoms with Gasteiger partial charge >= 0.3 is 0 Å². The second kappa shape index (κ2) is 5.02. The van der Waals surface area contributed by atoms with E-state index in [-0.39, 0.29) is 0 Å². The molecule has 3 nitrogen and oxygen atoms in total. The predicted octanol–water partition coefficient (Wildman–Crippen LogP) is 1.48. The van der Waals surface area contributed by atoms with Crippen LogP contribution in [0.4, 0.5) is 0 Å². The van der Waals surface area contributed by atoms with Crippen molar-refractivity contribution in [3.63, 3.8) is 0 Å². The number of hydrogen-bond donors (Lipinski definition) is 1. The lowest BCUT2D eigenvalue weighted by Crippen LogP contribution is -2.14. The van der Waals surface area contributed by atoms with Crippen LogP contribution < -0.4 is 5.73 Å². The van der Waals surface area contributed by atoms with Crippen LogP contribution in [0.2, 0.25) is 0 Å². The molecule has 0 aliphatic heterocycles. The number of aryl methyl sites for hydroxylation is 2. The normalized spacial score (nSPS) is 13.2. The zero-order valence-corrected chi connectivity index (χ0v) is 8.53. The van der Waals surface area contributed by atoms with Gasteiger partial charge in [0, 0.05) is 25.0 Å². The molecule has 0 radical (unpaired) electrons. The highest BCUT2D eigenvalue weighted by molar-refractivity contribution is 4.99. The molecule has 1 atom stereocenters. The number of rotatable bonds is 5. The Morgan fingerprint density at radius 1 is 1.54 bits per heavy atom. The summed E-state index contributed by atoms with van der Waals surface area (Å²) in [7, 11) is 1.99. The van der Waals surface area contributed by atoms with Gasteiger partial charge in [-0.15, -0.1) is 0 Å². The van der Waals surface area contributed by atoms with Crippen LogP contribution in [-0.2, 0) is 13.5 Å². The maximum Gasteiger partial charge on any atom is 0.0492 e. The van der Waals surface area contributed by atoms with Crippen molar-refractivity contribution in [1.29, 1.82) is 0 Å². The highest BCUT2D eigenvalue weighted by atomic mass is 15.2. The van der Waals surface area contributed by atoms with Gasteiger partial charge in [-0.1, -0.05) is 6.42 Å². The molecule has 1 rings (SSSR count). The van der Waals surface area contributed by atoms with E-state index in [1.807, 2.05) is 17.9 Å². The van der Waals surface area contributed by atoms with Gasteiger partial charge in [0.2, 0.25) is 0 Å². The minimum Gasteiger partial charge on any atom is -0.328 e. The topological polar surface area (TPSA) is 43.8 Å². The Morgan fingerprint density at radius 3 is 2.85 bits per heavy atom. The zero-order valence-electron chi connectivity index (χ0n) is 8.53. The second-order valence-electron chi connectivity index (χ2n) is 3.67. The molecule has 0 aliphatic rings. The molecular weight excluding hydrogens is 162 g/mol. The molecule has 13 heavy (non-hydrogen) atoms. The van der Waals surface area contributed by atoms with Crippen molar-refractivity contribution in [1.82, 2.24) is 9.78 Å². The standard InChI is InChI=1S/C10H19N3/c1-9(11)5-3-4-6-10-7-8-12-13(10)2/h7-9H,3-6,11H2,1-2H3. The maximum absolute atomic E-state index is 5.66. The summed E-state index contributed by atoms with van der Waals surface area (Å²) in [5, 5.41) is 4.12. The van der Waals surface area contributed by atoms with Crippen LogP contribution in [0.15, 0.2) is 12.3 Å². The largest absolute Gasteiger partial charge is 0.328 e. The van der Waals surface area contributed by atoms with Gasteiger partial charge in [0.05, 0.1) is 0 Å². The van der Waals surface area contributed by atoms with Crippen molar-refractivity contribution in [2.45, 2.75) is 38.6 Å². The van der Waals surface area contributed by atoms with E-state index in [1.165, 1.54) is 18.5 Å². The summed E-state index contributed by atoms with van der Waals surface area (Å²) in [5.74, 6) is 0. The smallest absolute Gasteiger partial charge is 0.0492 e. The fourth-order valence-electron chi connectivity index (χ4n) is 1.42. The van der Waals surface area contributed by atoms with Crippen molar-refractivity contribution < 1.29 is 0 Å². The number of hydrogen-bond acceptors (Lipinski definition) is 2. The van der Waals surface area contributed by atoms with Gasteiger partial charge in [-0.3, -0.25) is 4.68 Å². The van der Waals surface area contributed by atoms with Crippen molar-refractivity contribution in [3.8, 4) is 0 Å². The first-order valence-electron chi connectivity index (χ1n) is 4.92. The van der Waals surface area contributed by atoms with Crippen LogP contribution in [0.5, 0.6) is 0 Å². The molecule has 1 unspecified atom stereocenters. The number of unbranched alkanes of at least 4 members (excludes halogenated alkanes) is 1. The number of nitrogens with zero attached hydrogens (tertiary/aromatic N) is 2.